The average molecular weight is 291 g/mol. The molecule has 1 aromatic rings. The molecule has 2 atom stereocenters. The molecule has 0 saturated heterocycles. The number of carbonyl (C=O) groups is 2. The number of aliphatic imine (C=N–C) groups is 1. The maximum atomic E-state index is 13.8. The lowest BCUT2D eigenvalue weighted by Gasteiger charge is -2.31. The number of hydrogen-bond acceptors (Lipinski definition) is 3. The van der Waals surface area contributed by atoms with Crippen molar-refractivity contribution >= 4 is 17.6 Å². The predicted octanol–water partition coefficient (Wildman–Crippen LogP) is 1.34. The molecule has 0 bridgehead atoms. The summed E-state index contributed by atoms with van der Waals surface area (Å²) in [6.07, 6.45) is 0. The van der Waals surface area contributed by atoms with Crippen molar-refractivity contribution in [2.45, 2.75) is 32.7 Å². The number of rotatable bonds is 2. The van der Waals surface area contributed by atoms with E-state index in [1.54, 1.807) is 6.07 Å². The van der Waals surface area contributed by atoms with Crippen LogP contribution in [0, 0.1) is 11.2 Å². The quantitative estimate of drug-likeness (QED) is 0.806. The fourth-order valence-corrected chi connectivity index (χ4v) is 2.06. The summed E-state index contributed by atoms with van der Waals surface area (Å²) >= 11 is 0. The largest absolute Gasteiger partial charge is 0.321 e. The van der Waals surface area contributed by atoms with Gasteiger partial charge in [0, 0.05) is 5.56 Å². The zero-order valence-corrected chi connectivity index (χ0v) is 12.2. The monoisotopic (exact) mass is 291 g/mol. The SMILES string of the molecule is CC(C)(C)C(N)C1=NC(=O)C(c2ccccc2F)C(=O)N1. The van der Waals surface area contributed by atoms with Gasteiger partial charge in [-0.3, -0.25) is 9.59 Å². The van der Waals surface area contributed by atoms with E-state index < -0.39 is 29.6 Å². The van der Waals surface area contributed by atoms with Gasteiger partial charge in [0.15, 0.2) is 0 Å². The van der Waals surface area contributed by atoms with Crippen molar-refractivity contribution in [2.24, 2.45) is 16.1 Å². The van der Waals surface area contributed by atoms with Crippen molar-refractivity contribution in [1.29, 1.82) is 0 Å². The predicted molar refractivity (Wildman–Crippen MR) is 77.2 cm³/mol. The van der Waals surface area contributed by atoms with Gasteiger partial charge in [-0.2, -0.15) is 4.99 Å². The fraction of sp³-hybridized carbons (Fsp3) is 0.400. The molecule has 21 heavy (non-hydrogen) atoms. The van der Waals surface area contributed by atoms with Crippen LogP contribution in [0.3, 0.4) is 0 Å². The van der Waals surface area contributed by atoms with E-state index in [1.807, 2.05) is 20.8 Å². The molecule has 1 aliphatic rings. The van der Waals surface area contributed by atoms with Gasteiger partial charge in [-0.25, -0.2) is 4.39 Å². The molecule has 1 aromatic carbocycles. The summed E-state index contributed by atoms with van der Waals surface area (Å²) in [5.74, 6) is -3.04. The molecule has 0 aromatic heterocycles. The van der Waals surface area contributed by atoms with Crippen LogP contribution in [0.25, 0.3) is 0 Å². The number of amidine groups is 1. The third-order valence-electron chi connectivity index (χ3n) is 3.43. The van der Waals surface area contributed by atoms with Gasteiger partial charge in [0.05, 0.1) is 6.04 Å². The van der Waals surface area contributed by atoms with E-state index in [-0.39, 0.29) is 16.8 Å². The molecular formula is C15H18FN3O2. The maximum absolute atomic E-state index is 13.8. The number of halogens is 1. The highest BCUT2D eigenvalue weighted by Crippen LogP contribution is 2.25. The first-order chi connectivity index (χ1) is 9.71. The molecule has 2 unspecified atom stereocenters. The fourth-order valence-electron chi connectivity index (χ4n) is 2.06. The highest BCUT2D eigenvalue weighted by Gasteiger charge is 2.38. The Bertz CT molecular complexity index is 620. The van der Waals surface area contributed by atoms with E-state index in [1.165, 1.54) is 18.2 Å². The average Bonchev–Trinajstić information content (AvgIpc) is 2.38. The summed E-state index contributed by atoms with van der Waals surface area (Å²) in [7, 11) is 0. The summed E-state index contributed by atoms with van der Waals surface area (Å²) in [4.78, 5) is 28.1. The first-order valence-corrected chi connectivity index (χ1v) is 6.65. The number of carbonyl (C=O) groups excluding carboxylic acids is 2. The Hall–Kier alpha value is -2.08. The van der Waals surface area contributed by atoms with Crippen LogP contribution >= 0.6 is 0 Å². The molecule has 1 heterocycles. The molecule has 0 fully saturated rings. The van der Waals surface area contributed by atoms with Crippen molar-refractivity contribution in [3.63, 3.8) is 0 Å². The third kappa shape index (κ3) is 3.00. The Labute approximate surface area is 122 Å². The van der Waals surface area contributed by atoms with Gasteiger partial charge in [0.25, 0.3) is 5.91 Å². The van der Waals surface area contributed by atoms with Crippen LogP contribution < -0.4 is 11.1 Å². The Morgan fingerprint density at radius 1 is 1.29 bits per heavy atom. The molecule has 2 rings (SSSR count). The van der Waals surface area contributed by atoms with Gasteiger partial charge < -0.3 is 11.1 Å². The molecule has 6 heteroatoms. The summed E-state index contributed by atoms with van der Waals surface area (Å²) in [5, 5.41) is 2.53. The minimum absolute atomic E-state index is 0.0205. The van der Waals surface area contributed by atoms with Crippen LogP contribution in [0.15, 0.2) is 29.3 Å². The van der Waals surface area contributed by atoms with E-state index >= 15 is 0 Å². The Kier molecular flexibility index (Phi) is 3.91. The van der Waals surface area contributed by atoms with E-state index in [9.17, 15) is 14.0 Å². The number of amides is 2. The highest BCUT2D eigenvalue weighted by molar-refractivity contribution is 6.20. The summed E-state index contributed by atoms with van der Waals surface area (Å²) in [6, 6.07) is 5.08. The van der Waals surface area contributed by atoms with Gasteiger partial charge in [0.1, 0.15) is 17.6 Å². The molecule has 0 radical (unpaired) electrons. The lowest BCUT2D eigenvalue weighted by Crippen LogP contribution is -2.54. The first kappa shape index (κ1) is 15.3. The van der Waals surface area contributed by atoms with Crippen LogP contribution in [-0.2, 0) is 9.59 Å². The zero-order valence-electron chi connectivity index (χ0n) is 12.2. The Morgan fingerprint density at radius 2 is 1.90 bits per heavy atom. The van der Waals surface area contributed by atoms with Gasteiger partial charge in [-0.1, -0.05) is 39.0 Å². The van der Waals surface area contributed by atoms with Crippen molar-refractivity contribution in [3.8, 4) is 0 Å². The van der Waals surface area contributed by atoms with Crippen LogP contribution in [0.4, 0.5) is 4.39 Å². The molecule has 2 amide bonds. The van der Waals surface area contributed by atoms with Gasteiger partial charge in [-0.15, -0.1) is 0 Å². The number of nitrogens with zero attached hydrogens (tertiary/aromatic N) is 1. The molecule has 3 N–H and O–H groups in total. The minimum Gasteiger partial charge on any atom is -0.321 e. The van der Waals surface area contributed by atoms with Gasteiger partial charge >= 0.3 is 0 Å². The smallest absolute Gasteiger partial charge is 0.264 e. The number of nitrogens with two attached hydrogens (primary N) is 1. The normalized spacial score (nSPS) is 20.8. The van der Waals surface area contributed by atoms with Gasteiger partial charge in [0.2, 0.25) is 5.91 Å². The topological polar surface area (TPSA) is 84.5 Å². The lowest BCUT2D eigenvalue weighted by molar-refractivity contribution is -0.130. The van der Waals surface area contributed by atoms with E-state index in [0.717, 1.165) is 0 Å². The summed E-state index contributed by atoms with van der Waals surface area (Å²) in [5.41, 5.74) is 5.65. The minimum atomic E-state index is -1.26. The highest BCUT2D eigenvalue weighted by atomic mass is 19.1. The molecule has 0 aliphatic carbocycles. The van der Waals surface area contributed by atoms with Crippen molar-refractivity contribution in [3.05, 3.63) is 35.6 Å². The molecule has 1 aliphatic heterocycles. The maximum Gasteiger partial charge on any atom is 0.264 e. The number of benzene rings is 1. The second-order valence-corrected chi connectivity index (χ2v) is 6.12. The third-order valence-corrected chi connectivity index (χ3v) is 3.43. The van der Waals surface area contributed by atoms with Gasteiger partial charge in [-0.05, 0) is 11.5 Å². The van der Waals surface area contributed by atoms with Crippen LogP contribution in [0.2, 0.25) is 0 Å². The standard InChI is InChI=1S/C15H18FN3O2/c1-15(2,3)11(17)12-18-13(20)10(14(21)19-12)8-6-4-5-7-9(8)16/h4-7,10-11H,17H2,1-3H3,(H,18,19,20,21). The lowest BCUT2D eigenvalue weighted by atomic mass is 9.85. The molecule has 0 spiro atoms. The van der Waals surface area contributed by atoms with Crippen molar-refractivity contribution < 1.29 is 14.0 Å². The number of nitrogens with one attached hydrogen (secondary N) is 1. The molecule has 0 saturated carbocycles. The van der Waals surface area contributed by atoms with E-state index in [2.05, 4.69) is 10.3 Å². The van der Waals surface area contributed by atoms with Crippen LogP contribution in [0.5, 0.6) is 0 Å². The number of hydrogen-bond donors (Lipinski definition) is 2. The molecular weight excluding hydrogens is 273 g/mol. The van der Waals surface area contributed by atoms with E-state index in [4.69, 9.17) is 5.73 Å². The second kappa shape index (κ2) is 5.37. The van der Waals surface area contributed by atoms with E-state index in [0.29, 0.717) is 0 Å². The zero-order chi connectivity index (χ0) is 15.8. The molecule has 112 valence electrons. The summed E-state index contributed by atoms with van der Waals surface area (Å²) in [6.45, 7) is 5.62. The van der Waals surface area contributed by atoms with Crippen LogP contribution in [-0.4, -0.2) is 23.7 Å². The van der Waals surface area contributed by atoms with Crippen molar-refractivity contribution in [1.82, 2.24) is 5.32 Å². The van der Waals surface area contributed by atoms with Crippen LogP contribution in [0.1, 0.15) is 32.3 Å². The Balaban J connectivity index is 2.36. The summed E-state index contributed by atoms with van der Waals surface area (Å²) < 4.78 is 13.8. The van der Waals surface area contributed by atoms with Crippen molar-refractivity contribution in [2.75, 3.05) is 0 Å². The second-order valence-electron chi connectivity index (χ2n) is 6.12. The molecule has 5 nitrogen and oxygen atoms in total. The first-order valence-electron chi connectivity index (χ1n) is 6.65. The Morgan fingerprint density at radius 3 is 2.43 bits per heavy atom.